The number of hydrogen-bond donors (Lipinski definition) is 3. The van der Waals surface area contributed by atoms with Gasteiger partial charge in [-0.05, 0) is 37.1 Å². The molecule has 2 atom stereocenters. The number of alkyl halides is 2. The Hall–Kier alpha value is -2.89. The van der Waals surface area contributed by atoms with Crippen molar-refractivity contribution in [1.29, 1.82) is 0 Å². The topological polar surface area (TPSA) is 184 Å². The summed E-state index contributed by atoms with van der Waals surface area (Å²) in [6, 6.07) is 5.32. The highest BCUT2D eigenvalue weighted by Gasteiger charge is 2.51. The number of nitrogens with one attached hydrogen (secondary N) is 2. The second-order valence-electron chi connectivity index (χ2n) is 8.49. The van der Waals surface area contributed by atoms with Gasteiger partial charge in [0.2, 0.25) is 10.0 Å². The van der Waals surface area contributed by atoms with E-state index in [9.17, 15) is 40.7 Å². The minimum Gasteiger partial charge on any atom is -0.772 e. The highest BCUT2D eigenvalue weighted by Crippen LogP contribution is 2.43. The van der Waals surface area contributed by atoms with Crippen LogP contribution in [0.15, 0.2) is 44.8 Å². The lowest BCUT2D eigenvalue weighted by Gasteiger charge is -2.26. The number of benzene rings is 2. The largest absolute Gasteiger partial charge is 0.772 e. The molecule has 210 valence electrons. The third kappa shape index (κ3) is 5.85. The number of nitrogens with zero attached hydrogens (tertiary/aromatic N) is 2. The molecule has 1 aromatic heterocycles. The van der Waals surface area contributed by atoms with Crippen LogP contribution in [-0.4, -0.2) is 47.8 Å². The van der Waals surface area contributed by atoms with Crippen LogP contribution in [0.4, 0.5) is 8.78 Å². The van der Waals surface area contributed by atoms with Crippen molar-refractivity contribution in [3.8, 4) is 22.9 Å². The van der Waals surface area contributed by atoms with Crippen LogP contribution in [0.2, 0.25) is 10.0 Å². The van der Waals surface area contributed by atoms with Gasteiger partial charge in [-0.1, -0.05) is 41.2 Å². The average molecular weight is 626 g/mol. The minimum absolute atomic E-state index is 0.158. The molecule has 0 saturated heterocycles. The van der Waals surface area contributed by atoms with E-state index in [-0.39, 0.29) is 40.1 Å². The van der Waals surface area contributed by atoms with E-state index in [4.69, 9.17) is 27.9 Å². The summed E-state index contributed by atoms with van der Waals surface area (Å²) in [5.41, 5.74) is -5.13. The molecule has 2 unspecified atom stereocenters. The third-order valence-electron chi connectivity index (χ3n) is 5.92. The molecule has 4 rings (SSSR count). The molecule has 1 saturated carbocycles. The van der Waals surface area contributed by atoms with Crippen molar-refractivity contribution in [2.75, 3.05) is 0 Å². The predicted molar refractivity (Wildman–Crippen MR) is 134 cm³/mol. The number of aromatic amines is 1. The van der Waals surface area contributed by atoms with Crippen molar-refractivity contribution in [3.63, 3.8) is 0 Å². The van der Waals surface area contributed by atoms with Gasteiger partial charge in [-0.25, -0.2) is 26.7 Å². The molecule has 39 heavy (non-hydrogen) atoms. The number of sulfonamides is 1. The van der Waals surface area contributed by atoms with Crippen LogP contribution in [0.25, 0.3) is 5.69 Å². The number of rotatable bonds is 9. The fourth-order valence-corrected chi connectivity index (χ4v) is 6.55. The zero-order valence-electron chi connectivity index (χ0n) is 19.5. The first kappa shape index (κ1) is 29.1. The van der Waals surface area contributed by atoms with E-state index in [1.54, 1.807) is 4.98 Å². The predicted octanol–water partition coefficient (Wildman–Crippen LogP) is 2.74. The molecule has 0 amide bonds. The first-order valence-electron chi connectivity index (χ1n) is 10.8. The van der Waals surface area contributed by atoms with Gasteiger partial charge in [0, 0.05) is 16.9 Å². The van der Waals surface area contributed by atoms with Gasteiger partial charge in [0.25, 0.3) is 12.0 Å². The number of aromatic nitrogens is 3. The summed E-state index contributed by atoms with van der Waals surface area (Å²) in [7, 11) is -4.42. The van der Waals surface area contributed by atoms with Crippen molar-refractivity contribution >= 4 is 44.3 Å². The number of hydrogen-bond acceptors (Lipinski definition) is 9. The molecule has 0 aliphatic heterocycles. The van der Waals surface area contributed by atoms with Gasteiger partial charge in [-0.3, -0.25) is 14.0 Å². The SMILES string of the molecule is CC(S(=O)[O-])C1(NS(=O)(=O)c2cc(Oc3c(Cl)cc(-n4nc(C(F)F)c(=O)[nH]c4=O)cc3Cl)ccc2O)CC1. The van der Waals surface area contributed by atoms with Gasteiger partial charge in [-0.15, -0.1) is 0 Å². The molecule has 1 aliphatic carbocycles. The zero-order valence-corrected chi connectivity index (χ0v) is 22.6. The summed E-state index contributed by atoms with van der Waals surface area (Å²) >= 11 is 9.91. The molecule has 12 nitrogen and oxygen atoms in total. The molecule has 1 heterocycles. The molecule has 3 N–H and O–H groups in total. The standard InChI is InChI=1S/C21H18Cl2F2N4O8S2/c1-9(38(33)34)21(4-5-21)28-39(35,36)15-8-11(2-3-14(15)30)37-17-12(22)6-10(7-13(17)23)29-20(32)26-19(31)16(27-29)18(24)25/h2-3,6-9,18,28,30H,4-5H2,1H3,(H,33,34)(H,26,31,32)/p-1. The lowest BCUT2D eigenvalue weighted by atomic mass is 10.2. The van der Waals surface area contributed by atoms with E-state index >= 15 is 0 Å². The smallest absolute Gasteiger partial charge is 0.349 e. The second kappa shape index (κ2) is 10.6. The fourth-order valence-electron chi connectivity index (χ4n) is 3.62. The molecule has 18 heteroatoms. The van der Waals surface area contributed by atoms with E-state index < -0.39 is 65.9 Å². The van der Waals surface area contributed by atoms with Gasteiger partial charge in [-0.2, -0.15) is 9.78 Å². The second-order valence-corrected chi connectivity index (χ2v) is 12.2. The first-order valence-corrected chi connectivity index (χ1v) is 14.2. The van der Waals surface area contributed by atoms with Crippen molar-refractivity contribution < 1.29 is 35.8 Å². The molecule has 3 aromatic rings. The monoisotopic (exact) mass is 625 g/mol. The Balaban J connectivity index is 1.66. The van der Waals surface area contributed by atoms with E-state index in [0.29, 0.717) is 4.68 Å². The van der Waals surface area contributed by atoms with Crippen molar-refractivity contribution in [3.05, 3.63) is 66.9 Å². The number of ether oxygens (including phenoxy) is 1. The Morgan fingerprint density at radius 1 is 1.23 bits per heavy atom. The lowest BCUT2D eigenvalue weighted by molar-refractivity contribution is 0.141. The Kier molecular flexibility index (Phi) is 7.90. The molecular weight excluding hydrogens is 609 g/mol. The number of halogens is 4. The average Bonchev–Trinajstić information content (AvgIpc) is 3.61. The zero-order chi connectivity index (χ0) is 28.9. The summed E-state index contributed by atoms with van der Waals surface area (Å²) < 4.78 is 83.3. The van der Waals surface area contributed by atoms with Crippen molar-refractivity contribution in [1.82, 2.24) is 19.5 Å². The van der Waals surface area contributed by atoms with Crippen molar-refractivity contribution in [2.24, 2.45) is 0 Å². The molecule has 2 aromatic carbocycles. The quantitative estimate of drug-likeness (QED) is 0.301. The van der Waals surface area contributed by atoms with Crippen LogP contribution < -0.4 is 20.7 Å². The van der Waals surface area contributed by atoms with Gasteiger partial charge >= 0.3 is 5.69 Å². The maximum Gasteiger partial charge on any atom is 0.349 e. The Bertz CT molecular complexity index is 1690. The van der Waals surface area contributed by atoms with Crippen LogP contribution in [0.3, 0.4) is 0 Å². The van der Waals surface area contributed by atoms with Crippen LogP contribution >= 0.6 is 23.2 Å². The van der Waals surface area contributed by atoms with E-state index in [0.717, 1.165) is 24.3 Å². The van der Waals surface area contributed by atoms with Crippen LogP contribution in [-0.2, 0) is 21.1 Å². The Labute approximate surface area is 230 Å². The molecule has 0 radical (unpaired) electrons. The molecule has 0 bridgehead atoms. The summed E-state index contributed by atoms with van der Waals surface area (Å²) in [4.78, 5) is 24.8. The lowest BCUT2D eigenvalue weighted by Crippen LogP contribution is -2.46. The van der Waals surface area contributed by atoms with Crippen LogP contribution in [0, 0.1) is 0 Å². The third-order valence-corrected chi connectivity index (χ3v) is 9.09. The van der Waals surface area contributed by atoms with E-state index in [1.807, 2.05) is 0 Å². The molecule has 1 fully saturated rings. The summed E-state index contributed by atoms with van der Waals surface area (Å²) in [6.45, 7) is 1.36. The van der Waals surface area contributed by atoms with E-state index in [1.165, 1.54) is 13.0 Å². The van der Waals surface area contributed by atoms with Gasteiger partial charge in [0.05, 0.1) is 15.7 Å². The highest BCUT2D eigenvalue weighted by atomic mass is 35.5. The van der Waals surface area contributed by atoms with Gasteiger partial charge in [0.1, 0.15) is 16.4 Å². The number of aromatic hydroxyl groups is 1. The summed E-state index contributed by atoms with van der Waals surface area (Å²) in [6.07, 6.45) is -2.71. The maximum atomic E-state index is 13.1. The molecular formula is C21H17Cl2F2N4O8S2-. The Morgan fingerprint density at radius 3 is 2.38 bits per heavy atom. The summed E-state index contributed by atoms with van der Waals surface area (Å²) in [5.74, 6) is -1.04. The molecule has 1 aliphatic rings. The maximum absolute atomic E-state index is 13.1. The number of phenols is 1. The number of phenolic OH excluding ortho intramolecular Hbond substituents is 1. The fraction of sp³-hybridized carbons (Fsp3) is 0.286. The summed E-state index contributed by atoms with van der Waals surface area (Å²) in [5, 5.41) is 12.0. The van der Waals surface area contributed by atoms with Crippen molar-refractivity contribution in [2.45, 2.75) is 41.9 Å². The van der Waals surface area contributed by atoms with Crippen LogP contribution in [0.1, 0.15) is 31.9 Å². The first-order chi connectivity index (χ1) is 18.1. The highest BCUT2D eigenvalue weighted by molar-refractivity contribution is 7.89. The van der Waals surface area contributed by atoms with E-state index in [2.05, 4.69) is 9.82 Å². The number of H-pyrrole nitrogens is 1. The van der Waals surface area contributed by atoms with Crippen LogP contribution in [0.5, 0.6) is 17.2 Å². The Morgan fingerprint density at radius 2 is 1.85 bits per heavy atom. The van der Waals surface area contributed by atoms with Gasteiger partial charge in [0.15, 0.2) is 11.4 Å². The molecule has 0 spiro atoms. The normalized spacial score (nSPS) is 16.2. The minimum atomic E-state index is -4.42. The van der Waals surface area contributed by atoms with Gasteiger partial charge < -0.3 is 14.4 Å².